The monoisotopic (exact) mass is 355 g/mol. The zero-order valence-corrected chi connectivity index (χ0v) is 13.6. The topological polar surface area (TPSA) is 53.5 Å². The zero-order valence-electron chi connectivity index (χ0n) is 11.3. The van der Waals surface area contributed by atoms with Crippen LogP contribution in [0.4, 0.5) is 5.69 Å². The fraction of sp³-hybridized carbons (Fsp3) is 0.0667. The summed E-state index contributed by atoms with van der Waals surface area (Å²) in [5.41, 5.74) is 3.61. The first-order valence-corrected chi connectivity index (χ1v) is 7.45. The fourth-order valence-corrected chi connectivity index (χ4v) is 2.32. The number of hydrogen-bond acceptors (Lipinski definition) is 3. The van der Waals surface area contributed by atoms with Crippen molar-refractivity contribution in [3.8, 4) is 0 Å². The molecular formula is C15H12Cl3N3O. The highest BCUT2D eigenvalue weighted by Crippen LogP contribution is 2.22. The summed E-state index contributed by atoms with van der Waals surface area (Å²) < 4.78 is 0. The van der Waals surface area contributed by atoms with E-state index in [-0.39, 0.29) is 12.5 Å². The summed E-state index contributed by atoms with van der Waals surface area (Å²) in [7, 11) is 0. The maximum atomic E-state index is 11.7. The lowest BCUT2D eigenvalue weighted by Gasteiger charge is -2.06. The Morgan fingerprint density at radius 3 is 2.32 bits per heavy atom. The minimum Gasteiger partial charge on any atom is -0.375 e. The third-order valence-corrected chi connectivity index (χ3v) is 3.68. The minimum atomic E-state index is -0.320. The van der Waals surface area contributed by atoms with Gasteiger partial charge in [0.2, 0.25) is 0 Å². The zero-order chi connectivity index (χ0) is 15.9. The number of nitrogens with one attached hydrogen (secondary N) is 2. The Morgan fingerprint density at radius 1 is 1.00 bits per heavy atom. The standard InChI is InChI=1S/C15H12Cl3N3O/c16-11-5-3-6-12(17)10(11)8-20-21-15(22)9-19-14-7-2-1-4-13(14)18/h1-8,19H,9H2,(H,21,22)/b20-8+. The lowest BCUT2D eigenvalue weighted by Crippen LogP contribution is -2.26. The first-order valence-electron chi connectivity index (χ1n) is 6.32. The van der Waals surface area contributed by atoms with Gasteiger partial charge in [-0.2, -0.15) is 5.10 Å². The van der Waals surface area contributed by atoms with Gasteiger partial charge in [-0.3, -0.25) is 4.79 Å². The van der Waals surface area contributed by atoms with Crippen molar-refractivity contribution in [1.29, 1.82) is 0 Å². The molecule has 2 aromatic rings. The van der Waals surface area contributed by atoms with E-state index >= 15 is 0 Å². The fourth-order valence-electron chi connectivity index (χ4n) is 1.62. The van der Waals surface area contributed by atoms with Crippen molar-refractivity contribution in [3.63, 3.8) is 0 Å². The van der Waals surface area contributed by atoms with Crippen LogP contribution >= 0.6 is 34.8 Å². The van der Waals surface area contributed by atoms with E-state index in [2.05, 4.69) is 15.8 Å². The number of nitrogens with zero attached hydrogens (tertiary/aromatic N) is 1. The molecule has 0 bridgehead atoms. The second kappa shape index (κ2) is 8.03. The highest BCUT2D eigenvalue weighted by molar-refractivity contribution is 6.38. The maximum absolute atomic E-state index is 11.7. The Labute approximate surface area is 143 Å². The summed E-state index contributed by atoms with van der Waals surface area (Å²) in [4.78, 5) is 11.7. The maximum Gasteiger partial charge on any atom is 0.259 e. The van der Waals surface area contributed by atoms with Gasteiger partial charge in [-0.25, -0.2) is 5.43 Å². The molecule has 114 valence electrons. The van der Waals surface area contributed by atoms with E-state index in [1.807, 2.05) is 12.1 Å². The first kappa shape index (κ1) is 16.6. The van der Waals surface area contributed by atoms with E-state index in [1.54, 1.807) is 30.3 Å². The Kier molecular flexibility index (Phi) is 6.07. The van der Waals surface area contributed by atoms with Crippen LogP contribution in [-0.2, 0) is 4.79 Å². The molecule has 0 atom stereocenters. The number of benzene rings is 2. The normalized spacial score (nSPS) is 10.7. The molecular weight excluding hydrogens is 345 g/mol. The first-order chi connectivity index (χ1) is 10.6. The number of carbonyl (C=O) groups is 1. The van der Waals surface area contributed by atoms with E-state index in [1.165, 1.54) is 6.21 Å². The van der Waals surface area contributed by atoms with Crippen LogP contribution in [-0.4, -0.2) is 18.7 Å². The van der Waals surface area contributed by atoms with Crippen LogP contribution in [0.15, 0.2) is 47.6 Å². The molecule has 7 heteroatoms. The number of amides is 1. The van der Waals surface area contributed by atoms with Gasteiger partial charge >= 0.3 is 0 Å². The number of halogens is 3. The molecule has 0 saturated heterocycles. The predicted molar refractivity (Wildman–Crippen MR) is 92.1 cm³/mol. The summed E-state index contributed by atoms with van der Waals surface area (Å²) in [6, 6.07) is 12.3. The van der Waals surface area contributed by atoms with E-state index in [0.29, 0.717) is 26.3 Å². The third kappa shape index (κ3) is 4.63. The van der Waals surface area contributed by atoms with Crippen molar-refractivity contribution in [3.05, 3.63) is 63.1 Å². The van der Waals surface area contributed by atoms with Gasteiger partial charge in [0.05, 0.1) is 33.5 Å². The number of hydrazone groups is 1. The average molecular weight is 357 g/mol. The molecule has 0 saturated carbocycles. The lowest BCUT2D eigenvalue weighted by atomic mass is 10.2. The van der Waals surface area contributed by atoms with Crippen LogP contribution in [0.5, 0.6) is 0 Å². The molecule has 2 rings (SSSR count). The quantitative estimate of drug-likeness (QED) is 0.623. The predicted octanol–water partition coefficient (Wildman–Crippen LogP) is 4.21. The van der Waals surface area contributed by atoms with E-state index in [9.17, 15) is 4.79 Å². The number of para-hydroxylation sites is 1. The van der Waals surface area contributed by atoms with Crippen molar-refractivity contribution in [2.75, 3.05) is 11.9 Å². The van der Waals surface area contributed by atoms with Gasteiger partial charge in [-0.1, -0.05) is 53.0 Å². The van der Waals surface area contributed by atoms with Crippen LogP contribution in [0.1, 0.15) is 5.56 Å². The molecule has 0 aliphatic rings. The summed E-state index contributed by atoms with van der Waals surface area (Å²) >= 11 is 17.9. The molecule has 0 spiro atoms. The third-order valence-electron chi connectivity index (χ3n) is 2.70. The SMILES string of the molecule is O=C(CNc1ccccc1Cl)N/N=C/c1c(Cl)cccc1Cl. The average Bonchev–Trinajstić information content (AvgIpc) is 2.49. The molecule has 0 aromatic heterocycles. The van der Waals surface area contributed by atoms with Gasteiger partial charge in [-0.05, 0) is 24.3 Å². The van der Waals surface area contributed by atoms with Crippen LogP contribution < -0.4 is 10.7 Å². The van der Waals surface area contributed by atoms with Gasteiger partial charge in [0, 0.05) is 5.56 Å². The molecule has 0 heterocycles. The summed E-state index contributed by atoms with van der Waals surface area (Å²) in [5.74, 6) is -0.320. The molecule has 0 aliphatic carbocycles. The van der Waals surface area contributed by atoms with Gasteiger partial charge in [0.1, 0.15) is 0 Å². The second-order valence-corrected chi connectivity index (χ2v) is 5.48. The number of anilines is 1. The Morgan fingerprint density at radius 2 is 1.64 bits per heavy atom. The summed E-state index contributed by atoms with van der Waals surface area (Å²) in [6.45, 7) is 0.0390. The summed E-state index contributed by atoms with van der Waals surface area (Å²) in [5, 5.41) is 8.20. The molecule has 0 radical (unpaired) electrons. The molecule has 2 N–H and O–H groups in total. The van der Waals surface area contributed by atoms with Gasteiger partial charge < -0.3 is 5.32 Å². The lowest BCUT2D eigenvalue weighted by molar-refractivity contribution is -0.119. The molecule has 0 aliphatic heterocycles. The van der Waals surface area contributed by atoms with E-state index < -0.39 is 0 Å². The highest BCUT2D eigenvalue weighted by atomic mass is 35.5. The van der Waals surface area contributed by atoms with E-state index in [0.717, 1.165) is 0 Å². The second-order valence-electron chi connectivity index (χ2n) is 4.26. The van der Waals surface area contributed by atoms with Crippen molar-refractivity contribution in [1.82, 2.24) is 5.43 Å². The largest absolute Gasteiger partial charge is 0.375 e. The molecule has 0 unspecified atom stereocenters. The van der Waals surface area contributed by atoms with Crippen molar-refractivity contribution in [2.24, 2.45) is 5.10 Å². The van der Waals surface area contributed by atoms with Gasteiger partial charge in [0.25, 0.3) is 5.91 Å². The molecule has 22 heavy (non-hydrogen) atoms. The van der Waals surface area contributed by atoms with Crippen LogP contribution in [0.3, 0.4) is 0 Å². The molecule has 0 fully saturated rings. The Balaban J connectivity index is 1.88. The summed E-state index contributed by atoms with van der Waals surface area (Å²) in [6.07, 6.45) is 1.40. The van der Waals surface area contributed by atoms with Crippen molar-refractivity contribution in [2.45, 2.75) is 0 Å². The number of rotatable bonds is 5. The van der Waals surface area contributed by atoms with Gasteiger partial charge in [0.15, 0.2) is 0 Å². The molecule has 4 nitrogen and oxygen atoms in total. The molecule has 2 aromatic carbocycles. The molecule has 1 amide bonds. The van der Waals surface area contributed by atoms with Crippen LogP contribution in [0.2, 0.25) is 15.1 Å². The highest BCUT2D eigenvalue weighted by Gasteiger charge is 2.04. The Bertz CT molecular complexity index is 684. The smallest absolute Gasteiger partial charge is 0.259 e. The van der Waals surface area contributed by atoms with Gasteiger partial charge in [-0.15, -0.1) is 0 Å². The number of hydrogen-bond donors (Lipinski definition) is 2. The van der Waals surface area contributed by atoms with Crippen LogP contribution in [0.25, 0.3) is 0 Å². The van der Waals surface area contributed by atoms with Crippen molar-refractivity contribution >= 4 is 52.6 Å². The Hall–Kier alpha value is -1.75. The van der Waals surface area contributed by atoms with Crippen molar-refractivity contribution < 1.29 is 4.79 Å². The minimum absolute atomic E-state index is 0.0390. The number of carbonyl (C=O) groups excluding carboxylic acids is 1. The van der Waals surface area contributed by atoms with E-state index in [4.69, 9.17) is 34.8 Å². The van der Waals surface area contributed by atoms with Crippen LogP contribution in [0, 0.1) is 0 Å².